The van der Waals surface area contributed by atoms with Gasteiger partial charge in [-0.3, -0.25) is 0 Å². The lowest BCUT2D eigenvalue weighted by atomic mass is 9.56. The Morgan fingerprint density at radius 3 is 2.05 bits per heavy atom. The van der Waals surface area contributed by atoms with Gasteiger partial charge in [0.15, 0.2) is 0 Å². The Morgan fingerprint density at radius 1 is 1.10 bits per heavy atom. The lowest BCUT2D eigenvalue weighted by Crippen LogP contribution is -2.51. The van der Waals surface area contributed by atoms with Crippen molar-refractivity contribution in [3.63, 3.8) is 0 Å². The highest BCUT2D eigenvalue weighted by molar-refractivity contribution is 5.14. The second-order valence-corrected chi connectivity index (χ2v) is 7.66. The van der Waals surface area contributed by atoms with E-state index in [4.69, 9.17) is 0 Å². The van der Waals surface area contributed by atoms with Gasteiger partial charge in [-0.05, 0) is 69.1 Å². The molecule has 2 nitrogen and oxygen atoms in total. The van der Waals surface area contributed by atoms with Gasteiger partial charge in [0.05, 0.1) is 17.1 Å². The first-order valence-corrected chi connectivity index (χ1v) is 8.60. The van der Waals surface area contributed by atoms with E-state index in [1.807, 2.05) is 0 Å². The Kier molecular flexibility index (Phi) is 4.80. The Bertz CT molecular complexity index is 352. The van der Waals surface area contributed by atoms with Gasteiger partial charge in [-0.15, -0.1) is 0 Å². The van der Waals surface area contributed by atoms with E-state index >= 15 is 0 Å². The molecule has 20 heavy (non-hydrogen) atoms. The van der Waals surface area contributed by atoms with Crippen molar-refractivity contribution in [3.05, 3.63) is 0 Å². The van der Waals surface area contributed by atoms with Crippen molar-refractivity contribution < 1.29 is 5.11 Å². The van der Waals surface area contributed by atoms with Gasteiger partial charge in [0, 0.05) is 0 Å². The van der Waals surface area contributed by atoms with Crippen molar-refractivity contribution in [1.82, 2.24) is 0 Å². The van der Waals surface area contributed by atoms with E-state index in [1.165, 1.54) is 6.42 Å². The molecule has 0 saturated heterocycles. The van der Waals surface area contributed by atoms with Crippen LogP contribution < -0.4 is 0 Å². The summed E-state index contributed by atoms with van der Waals surface area (Å²) in [5.41, 5.74) is -1.17. The Balaban J connectivity index is 2.07. The van der Waals surface area contributed by atoms with Crippen molar-refractivity contribution in [2.24, 2.45) is 23.2 Å². The van der Waals surface area contributed by atoms with Gasteiger partial charge in [0.2, 0.25) is 0 Å². The number of nitriles is 1. The van der Waals surface area contributed by atoms with Crippen molar-refractivity contribution in [2.45, 2.75) is 84.2 Å². The maximum absolute atomic E-state index is 11.2. The topological polar surface area (TPSA) is 44.0 Å². The molecule has 0 bridgehead atoms. The third-order valence-corrected chi connectivity index (χ3v) is 6.44. The molecule has 1 N–H and O–H groups in total. The smallest absolute Gasteiger partial charge is 0.0860 e. The van der Waals surface area contributed by atoms with Gasteiger partial charge < -0.3 is 5.11 Å². The first-order chi connectivity index (χ1) is 9.46. The molecule has 2 saturated carbocycles. The van der Waals surface area contributed by atoms with E-state index in [0.717, 1.165) is 63.2 Å². The molecule has 0 aromatic rings. The number of nitrogens with zero attached hydrogens (tertiary/aromatic N) is 1. The maximum Gasteiger partial charge on any atom is 0.0860 e. The second kappa shape index (κ2) is 6.06. The molecule has 2 rings (SSSR count). The Labute approximate surface area is 124 Å². The van der Waals surface area contributed by atoms with E-state index in [9.17, 15) is 10.4 Å². The van der Waals surface area contributed by atoms with Gasteiger partial charge in [-0.2, -0.15) is 5.26 Å². The monoisotopic (exact) mass is 277 g/mol. The lowest BCUT2D eigenvalue weighted by molar-refractivity contribution is -0.111. The summed E-state index contributed by atoms with van der Waals surface area (Å²) in [6.45, 7) is 6.80. The standard InChI is InChI=1S/C18H31NO/c1-4-15-5-11-18(20,12-6-15)17(13-19)9-7-16(8-10-17)14(2)3/h14-16,20H,4-12H2,1-3H3. The minimum atomic E-state index is -0.713. The zero-order valence-electron chi connectivity index (χ0n) is 13.5. The predicted octanol–water partition coefficient (Wildman–Crippen LogP) is 4.67. The lowest BCUT2D eigenvalue weighted by Gasteiger charge is -2.50. The fraction of sp³-hybridized carbons (Fsp3) is 0.944. The molecule has 0 atom stereocenters. The highest BCUT2D eigenvalue weighted by Gasteiger charge is 2.53. The quantitative estimate of drug-likeness (QED) is 0.814. The van der Waals surface area contributed by atoms with Gasteiger partial charge in [-0.25, -0.2) is 0 Å². The van der Waals surface area contributed by atoms with E-state index in [-0.39, 0.29) is 0 Å². The van der Waals surface area contributed by atoms with Gasteiger partial charge in [0.1, 0.15) is 0 Å². The normalized spacial score (nSPS) is 42.4. The first-order valence-electron chi connectivity index (χ1n) is 8.60. The molecule has 2 aliphatic rings. The van der Waals surface area contributed by atoms with Crippen molar-refractivity contribution >= 4 is 0 Å². The first kappa shape index (κ1) is 15.8. The van der Waals surface area contributed by atoms with Crippen molar-refractivity contribution in [3.8, 4) is 6.07 Å². The summed E-state index contributed by atoms with van der Waals surface area (Å²) in [4.78, 5) is 0. The summed E-state index contributed by atoms with van der Waals surface area (Å²) in [7, 11) is 0. The third kappa shape index (κ3) is 2.75. The van der Waals surface area contributed by atoms with Gasteiger partial charge >= 0.3 is 0 Å². The average Bonchev–Trinajstić information content (AvgIpc) is 2.48. The minimum Gasteiger partial charge on any atom is -0.388 e. The largest absolute Gasteiger partial charge is 0.388 e. The van der Waals surface area contributed by atoms with Crippen molar-refractivity contribution in [2.75, 3.05) is 0 Å². The van der Waals surface area contributed by atoms with Crippen LogP contribution in [0.4, 0.5) is 0 Å². The fourth-order valence-electron chi connectivity index (χ4n) is 4.52. The average molecular weight is 277 g/mol. The molecule has 0 aromatic heterocycles. The summed E-state index contributed by atoms with van der Waals surface area (Å²) in [5.74, 6) is 2.21. The molecule has 2 heteroatoms. The summed E-state index contributed by atoms with van der Waals surface area (Å²) in [6.07, 6.45) is 9.13. The van der Waals surface area contributed by atoms with Crippen LogP contribution in [0.3, 0.4) is 0 Å². The van der Waals surface area contributed by atoms with E-state index < -0.39 is 11.0 Å². The third-order valence-electron chi connectivity index (χ3n) is 6.44. The van der Waals surface area contributed by atoms with E-state index in [0.29, 0.717) is 5.92 Å². The van der Waals surface area contributed by atoms with Crippen LogP contribution in [0.5, 0.6) is 0 Å². The van der Waals surface area contributed by atoms with Crippen LogP contribution >= 0.6 is 0 Å². The predicted molar refractivity (Wildman–Crippen MR) is 82.0 cm³/mol. The summed E-state index contributed by atoms with van der Waals surface area (Å²) in [6, 6.07) is 2.57. The Morgan fingerprint density at radius 2 is 1.65 bits per heavy atom. The molecular weight excluding hydrogens is 246 g/mol. The molecule has 0 unspecified atom stereocenters. The number of hydrogen-bond acceptors (Lipinski definition) is 2. The van der Waals surface area contributed by atoms with Crippen LogP contribution in [-0.2, 0) is 0 Å². The van der Waals surface area contributed by atoms with Crippen molar-refractivity contribution in [1.29, 1.82) is 5.26 Å². The maximum atomic E-state index is 11.2. The molecule has 114 valence electrons. The molecule has 0 aromatic carbocycles. The number of aliphatic hydroxyl groups is 1. The highest BCUT2D eigenvalue weighted by atomic mass is 16.3. The second-order valence-electron chi connectivity index (χ2n) is 7.66. The molecule has 0 spiro atoms. The molecule has 2 fully saturated rings. The zero-order valence-corrected chi connectivity index (χ0v) is 13.5. The van der Waals surface area contributed by atoms with Crippen LogP contribution in [0.2, 0.25) is 0 Å². The summed E-state index contributed by atoms with van der Waals surface area (Å²) < 4.78 is 0. The van der Waals surface area contributed by atoms with E-state index in [2.05, 4.69) is 26.8 Å². The van der Waals surface area contributed by atoms with Gasteiger partial charge in [-0.1, -0.05) is 27.2 Å². The number of hydrogen-bond donors (Lipinski definition) is 1. The van der Waals surface area contributed by atoms with Crippen LogP contribution in [0.25, 0.3) is 0 Å². The summed E-state index contributed by atoms with van der Waals surface area (Å²) >= 11 is 0. The summed E-state index contributed by atoms with van der Waals surface area (Å²) in [5, 5.41) is 21.0. The minimum absolute atomic E-state index is 0.461. The fourth-order valence-corrected chi connectivity index (χ4v) is 4.52. The molecule has 0 amide bonds. The molecule has 2 aliphatic carbocycles. The number of rotatable bonds is 3. The molecular formula is C18H31NO. The van der Waals surface area contributed by atoms with Crippen LogP contribution in [0, 0.1) is 34.5 Å². The van der Waals surface area contributed by atoms with Crippen LogP contribution in [0.15, 0.2) is 0 Å². The van der Waals surface area contributed by atoms with Gasteiger partial charge in [0.25, 0.3) is 0 Å². The highest BCUT2D eigenvalue weighted by Crippen LogP contribution is 2.53. The van der Waals surface area contributed by atoms with E-state index in [1.54, 1.807) is 0 Å². The molecule has 0 aliphatic heterocycles. The molecule has 0 heterocycles. The zero-order chi connectivity index (χ0) is 14.8. The van der Waals surface area contributed by atoms with Crippen LogP contribution in [-0.4, -0.2) is 10.7 Å². The van der Waals surface area contributed by atoms with Crippen LogP contribution in [0.1, 0.15) is 78.6 Å². The molecule has 0 radical (unpaired) electrons. The Hall–Kier alpha value is -0.550. The SMILES string of the molecule is CCC1CCC(O)(C2(C#N)CCC(C(C)C)CC2)CC1.